The second-order valence-corrected chi connectivity index (χ2v) is 17.0. The summed E-state index contributed by atoms with van der Waals surface area (Å²) in [5, 5.41) is 6.66. The van der Waals surface area contributed by atoms with Gasteiger partial charge in [0.25, 0.3) is 0 Å². The molecule has 0 aliphatic heterocycles. The van der Waals surface area contributed by atoms with Gasteiger partial charge in [-0.1, -0.05) is 171 Å². The Morgan fingerprint density at radius 3 is 1.78 bits per heavy atom. The second-order valence-electron chi connectivity index (χ2n) is 17.0. The minimum atomic E-state index is -0.0648. The van der Waals surface area contributed by atoms with Gasteiger partial charge in [-0.25, -0.2) is 4.98 Å². The molecular formula is C58H39N5O. The fraction of sp³-hybridized carbons (Fsp3) is 0.0517. The molecule has 1 unspecified atom stereocenters. The zero-order valence-electron chi connectivity index (χ0n) is 35.0. The summed E-state index contributed by atoms with van der Waals surface area (Å²) in [6.07, 6.45) is 8.00. The summed E-state index contributed by atoms with van der Waals surface area (Å²) in [6.45, 7) is 2.33. The minimum Gasteiger partial charge on any atom is -0.454 e. The fourth-order valence-electron chi connectivity index (χ4n) is 10.0. The van der Waals surface area contributed by atoms with Crippen LogP contribution >= 0.6 is 0 Å². The molecule has 12 aromatic rings. The van der Waals surface area contributed by atoms with Crippen molar-refractivity contribution in [1.29, 1.82) is 0 Å². The Bertz CT molecular complexity index is 3820. The summed E-state index contributed by atoms with van der Waals surface area (Å²) in [5.74, 6) is 1.72. The lowest BCUT2D eigenvalue weighted by atomic mass is 9.77. The smallest absolute Gasteiger partial charge is 0.238 e. The SMILES string of the molecule is CC1(c2ccccc2)C=CC(n2c3ccccc3c3cc(-c4cc5c6ccccc6oc5c5c4c4ccccc4n5-c4nc(-c5ccccc5)nc(-c5ccccc5)n4)ccc32)=CC1. The summed E-state index contributed by atoms with van der Waals surface area (Å²) >= 11 is 0. The predicted octanol–water partition coefficient (Wildman–Crippen LogP) is 14.7. The Morgan fingerprint density at radius 2 is 1.09 bits per heavy atom. The summed E-state index contributed by atoms with van der Waals surface area (Å²) in [7, 11) is 0. The van der Waals surface area contributed by atoms with Crippen LogP contribution in [0, 0.1) is 0 Å². The van der Waals surface area contributed by atoms with Crippen LogP contribution in [0.15, 0.2) is 211 Å². The van der Waals surface area contributed by atoms with Crippen LogP contribution in [0.5, 0.6) is 0 Å². The maximum absolute atomic E-state index is 6.91. The number of hydrogen-bond donors (Lipinski definition) is 0. The molecule has 0 radical (unpaired) electrons. The fourth-order valence-corrected chi connectivity index (χ4v) is 10.0. The lowest BCUT2D eigenvalue weighted by Crippen LogP contribution is -2.20. The van der Waals surface area contributed by atoms with E-state index in [0.29, 0.717) is 17.6 Å². The van der Waals surface area contributed by atoms with E-state index in [0.717, 1.165) is 72.4 Å². The Balaban J connectivity index is 1.08. The van der Waals surface area contributed by atoms with Gasteiger partial charge in [-0.15, -0.1) is 0 Å². The Labute approximate surface area is 368 Å². The molecule has 0 saturated carbocycles. The van der Waals surface area contributed by atoms with Crippen molar-refractivity contribution in [3.63, 3.8) is 0 Å². The number of nitrogens with zero attached hydrogens (tertiary/aromatic N) is 5. The molecule has 4 aromatic heterocycles. The van der Waals surface area contributed by atoms with Crippen LogP contribution in [0.2, 0.25) is 0 Å². The van der Waals surface area contributed by atoms with Gasteiger partial charge < -0.3 is 8.98 Å². The van der Waals surface area contributed by atoms with Crippen molar-refractivity contribution in [3.8, 4) is 39.9 Å². The zero-order chi connectivity index (χ0) is 42.4. The molecule has 13 rings (SSSR count). The second kappa shape index (κ2) is 14.1. The van der Waals surface area contributed by atoms with Gasteiger partial charge in [0.2, 0.25) is 5.95 Å². The third-order valence-corrected chi connectivity index (χ3v) is 13.2. The highest BCUT2D eigenvalue weighted by Crippen LogP contribution is 2.47. The van der Waals surface area contributed by atoms with Gasteiger partial charge in [0.1, 0.15) is 11.1 Å². The molecule has 1 atom stereocenters. The highest BCUT2D eigenvalue weighted by molar-refractivity contribution is 6.26. The average molecular weight is 822 g/mol. The molecule has 0 spiro atoms. The lowest BCUT2D eigenvalue weighted by molar-refractivity contribution is 0.599. The first-order chi connectivity index (χ1) is 31.6. The summed E-state index contributed by atoms with van der Waals surface area (Å²) in [4.78, 5) is 15.6. The first-order valence-corrected chi connectivity index (χ1v) is 21.8. The van der Waals surface area contributed by atoms with Gasteiger partial charge in [0.05, 0.1) is 16.6 Å². The number of furan rings is 1. The molecule has 0 saturated heterocycles. The van der Waals surface area contributed by atoms with Gasteiger partial charge in [0.15, 0.2) is 17.2 Å². The number of rotatable bonds is 6. The van der Waals surface area contributed by atoms with E-state index in [-0.39, 0.29) is 5.41 Å². The summed E-state index contributed by atoms with van der Waals surface area (Å²) < 4.78 is 11.5. The number of aromatic nitrogens is 5. The number of allylic oxidation sites excluding steroid dienone is 4. The average Bonchev–Trinajstić information content (AvgIpc) is 4.03. The Kier molecular flexibility index (Phi) is 8.00. The molecule has 0 fully saturated rings. The molecule has 0 bridgehead atoms. The van der Waals surface area contributed by atoms with Gasteiger partial charge in [-0.3, -0.25) is 4.57 Å². The molecule has 0 amide bonds. The molecule has 6 nitrogen and oxygen atoms in total. The van der Waals surface area contributed by atoms with Gasteiger partial charge in [-0.05, 0) is 65.6 Å². The van der Waals surface area contributed by atoms with E-state index >= 15 is 0 Å². The van der Waals surface area contributed by atoms with Crippen molar-refractivity contribution in [2.24, 2.45) is 0 Å². The van der Waals surface area contributed by atoms with Crippen molar-refractivity contribution in [2.75, 3.05) is 0 Å². The number of benzene rings is 8. The lowest BCUT2D eigenvalue weighted by Gasteiger charge is -2.29. The van der Waals surface area contributed by atoms with E-state index in [9.17, 15) is 0 Å². The molecule has 4 heterocycles. The molecule has 0 N–H and O–H groups in total. The van der Waals surface area contributed by atoms with E-state index in [1.165, 1.54) is 33.1 Å². The van der Waals surface area contributed by atoms with Crippen molar-refractivity contribution in [2.45, 2.75) is 18.8 Å². The Morgan fingerprint density at radius 1 is 0.500 bits per heavy atom. The van der Waals surface area contributed by atoms with Crippen LogP contribution in [-0.4, -0.2) is 24.1 Å². The number of hydrogen-bond acceptors (Lipinski definition) is 4. The molecular weight excluding hydrogens is 783 g/mol. The van der Waals surface area contributed by atoms with Crippen molar-refractivity contribution in [1.82, 2.24) is 24.1 Å². The molecule has 6 heteroatoms. The maximum atomic E-state index is 6.91. The standard InChI is InChI=1S/C58H39N5O/c1-58(40-21-9-4-10-22-40)33-31-41(32-34-58)62-48-26-14-11-23-42(48)46-35-39(29-30-50(46)62)45-36-47-43-24-13-16-28-51(43)64-54(47)53-52(45)44-25-12-15-27-49(44)63(53)57-60-55(37-17-5-2-6-18-37)59-56(61-57)38-19-7-3-8-20-38/h2-33,35-36H,34H2,1H3. The van der Waals surface area contributed by atoms with E-state index < -0.39 is 0 Å². The molecule has 1 aliphatic carbocycles. The van der Waals surface area contributed by atoms with Crippen LogP contribution in [0.4, 0.5) is 0 Å². The Hall–Kier alpha value is -8.35. The van der Waals surface area contributed by atoms with Crippen LogP contribution in [-0.2, 0) is 5.41 Å². The van der Waals surface area contributed by atoms with Gasteiger partial charge >= 0.3 is 0 Å². The van der Waals surface area contributed by atoms with Crippen molar-refractivity contribution in [3.05, 3.63) is 212 Å². The van der Waals surface area contributed by atoms with Gasteiger partial charge in [-0.2, -0.15) is 9.97 Å². The third kappa shape index (κ3) is 5.55. The summed E-state index contributed by atoms with van der Waals surface area (Å²) in [5.41, 5.74) is 12.4. The van der Waals surface area contributed by atoms with E-state index in [2.05, 4.69) is 156 Å². The topological polar surface area (TPSA) is 61.7 Å². The van der Waals surface area contributed by atoms with Crippen molar-refractivity contribution < 1.29 is 4.42 Å². The van der Waals surface area contributed by atoms with Crippen LogP contribution in [0.3, 0.4) is 0 Å². The largest absolute Gasteiger partial charge is 0.454 e. The van der Waals surface area contributed by atoms with E-state index in [1.54, 1.807) is 0 Å². The number of fused-ring (bicyclic) bond motifs is 10. The molecule has 1 aliphatic rings. The normalized spacial score (nSPS) is 15.3. The highest BCUT2D eigenvalue weighted by Gasteiger charge is 2.28. The number of para-hydroxylation sites is 3. The van der Waals surface area contributed by atoms with Crippen LogP contribution < -0.4 is 0 Å². The first kappa shape index (κ1) is 36.3. The monoisotopic (exact) mass is 821 g/mol. The van der Waals surface area contributed by atoms with Gasteiger partial charge in [0, 0.05) is 54.6 Å². The zero-order valence-corrected chi connectivity index (χ0v) is 35.0. The maximum Gasteiger partial charge on any atom is 0.238 e. The summed E-state index contributed by atoms with van der Waals surface area (Å²) in [6, 6.07) is 66.1. The van der Waals surface area contributed by atoms with Crippen molar-refractivity contribution >= 4 is 71.2 Å². The van der Waals surface area contributed by atoms with E-state index in [4.69, 9.17) is 19.4 Å². The quantitative estimate of drug-likeness (QED) is 0.168. The third-order valence-electron chi connectivity index (χ3n) is 13.2. The minimum absolute atomic E-state index is 0.0648. The van der Waals surface area contributed by atoms with Crippen LogP contribution in [0.25, 0.3) is 111 Å². The van der Waals surface area contributed by atoms with E-state index in [1.807, 2.05) is 66.7 Å². The molecule has 302 valence electrons. The van der Waals surface area contributed by atoms with Crippen LogP contribution in [0.1, 0.15) is 18.9 Å². The molecule has 64 heavy (non-hydrogen) atoms. The highest BCUT2D eigenvalue weighted by atomic mass is 16.3. The molecule has 8 aromatic carbocycles. The first-order valence-electron chi connectivity index (χ1n) is 21.8. The predicted molar refractivity (Wildman–Crippen MR) is 263 cm³/mol.